The topological polar surface area (TPSA) is 84.9 Å². The number of hydrogen-bond acceptors (Lipinski definition) is 6. The van der Waals surface area contributed by atoms with Crippen molar-refractivity contribution >= 4 is 33.0 Å². The molecule has 1 aliphatic rings. The van der Waals surface area contributed by atoms with Gasteiger partial charge in [-0.05, 0) is 48.6 Å². The number of morpholine rings is 1. The lowest BCUT2D eigenvalue weighted by Crippen LogP contribution is -2.43. The van der Waals surface area contributed by atoms with Crippen LogP contribution in [0.2, 0.25) is 0 Å². The summed E-state index contributed by atoms with van der Waals surface area (Å²) in [6.07, 6.45) is 0. The Kier molecular flexibility index (Phi) is 6.03. The number of ether oxygens (including phenoxy) is 2. The molecule has 1 fully saturated rings. The van der Waals surface area contributed by atoms with Gasteiger partial charge in [0.25, 0.3) is 15.9 Å². The van der Waals surface area contributed by atoms with Crippen LogP contribution >= 0.6 is 11.3 Å². The molecule has 9 heteroatoms. The zero-order valence-corrected chi connectivity index (χ0v) is 16.9. The Morgan fingerprint density at radius 2 is 1.93 bits per heavy atom. The molecular weight excluding hydrogens is 388 g/mol. The van der Waals surface area contributed by atoms with Crippen LogP contribution in [0.15, 0.2) is 33.9 Å². The molecule has 2 aromatic rings. The average molecular weight is 411 g/mol. The second-order valence-electron chi connectivity index (χ2n) is 6.26. The maximum atomic E-state index is 12.4. The van der Waals surface area contributed by atoms with Crippen LogP contribution in [0.3, 0.4) is 0 Å². The van der Waals surface area contributed by atoms with Gasteiger partial charge in [0.2, 0.25) is 0 Å². The molecule has 0 aliphatic carbocycles. The van der Waals surface area contributed by atoms with E-state index in [4.69, 9.17) is 9.47 Å². The number of benzene rings is 1. The van der Waals surface area contributed by atoms with Gasteiger partial charge in [-0.25, -0.2) is 8.42 Å². The Balaban J connectivity index is 1.68. The fraction of sp³-hybridized carbons (Fsp3) is 0.389. The minimum absolute atomic E-state index is 0.0536. The maximum absolute atomic E-state index is 12.4. The molecule has 0 saturated carbocycles. The van der Waals surface area contributed by atoms with Gasteiger partial charge in [0, 0.05) is 18.8 Å². The van der Waals surface area contributed by atoms with Gasteiger partial charge in [0.05, 0.1) is 13.2 Å². The normalized spacial score (nSPS) is 14.8. The van der Waals surface area contributed by atoms with E-state index >= 15 is 0 Å². The highest BCUT2D eigenvalue weighted by Gasteiger charge is 2.19. The SMILES string of the molecule is Cc1cc(NS(=O)(=O)c2cccs2)cc(C)c1OCC(=O)N1CCOCC1. The number of nitrogens with one attached hydrogen (secondary N) is 1. The van der Waals surface area contributed by atoms with Gasteiger partial charge in [-0.2, -0.15) is 0 Å². The summed E-state index contributed by atoms with van der Waals surface area (Å²) in [5.41, 5.74) is 1.98. The number of aryl methyl sites for hydroxylation is 2. The van der Waals surface area contributed by atoms with Crippen LogP contribution in [0.5, 0.6) is 5.75 Å². The molecule has 0 unspecified atom stereocenters. The largest absolute Gasteiger partial charge is 0.483 e. The number of anilines is 1. The highest BCUT2D eigenvalue weighted by Crippen LogP contribution is 2.29. The van der Waals surface area contributed by atoms with Crippen molar-refractivity contribution in [3.05, 3.63) is 40.8 Å². The smallest absolute Gasteiger partial charge is 0.271 e. The number of sulfonamides is 1. The van der Waals surface area contributed by atoms with Gasteiger partial charge in [-0.1, -0.05) is 6.07 Å². The van der Waals surface area contributed by atoms with Gasteiger partial charge in [-0.15, -0.1) is 11.3 Å². The number of carbonyl (C=O) groups excluding carboxylic acids is 1. The Morgan fingerprint density at radius 1 is 1.26 bits per heavy atom. The summed E-state index contributed by atoms with van der Waals surface area (Å²) in [6.45, 7) is 5.83. The quantitative estimate of drug-likeness (QED) is 0.791. The number of amides is 1. The van der Waals surface area contributed by atoms with Crippen LogP contribution in [0.25, 0.3) is 0 Å². The molecule has 0 atom stereocenters. The fourth-order valence-electron chi connectivity index (χ4n) is 2.90. The third-order valence-electron chi connectivity index (χ3n) is 4.18. The molecule has 1 amide bonds. The first-order valence-corrected chi connectivity index (χ1v) is 10.9. The Morgan fingerprint density at radius 3 is 2.52 bits per heavy atom. The predicted octanol–water partition coefficient (Wildman–Crippen LogP) is 2.40. The highest BCUT2D eigenvalue weighted by molar-refractivity contribution is 7.94. The lowest BCUT2D eigenvalue weighted by Gasteiger charge is -2.27. The second-order valence-corrected chi connectivity index (χ2v) is 9.12. The van der Waals surface area contributed by atoms with Crippen molar-refractivity contribution < 1.29 is 22.7 Å². The van der Waals surface area contributed by atoms with Gasteiger partial charge in [0.15, 0.2) is 6.61 Å². The molecule has 146 valence electrons. The molecule has 0 spiro atoms. The summed E-state index contributed by atoms with van der Waals surface area (Å²) in [6, 6.07) is 6.65. The summed E-state index contributed by atoms with van der Waals surface area (Å²) >= 11 is 1.16. The molecule has 1 saturated heterocycles. The molecule has 0 bridgehead atoms. The van der Waals surface area contributed by atoms with E-state index in [0.29, 0.717) is 37.7 Å². The van der Waals surface area contributed by atoms with Crippen molar-refractivity contribution in [1.29, 1.82) is 0 Å². The van der Waals surface area contributed by atoms with Crippen molar-refractivity contribution in [2.75, 3.05) is 37.6 Å². The monoisotopic (exact) mass is 410 g/mol. The first-order valence-electron chi connectivity index (χ1n) is 8.53. The predicted molar refractivity (Wildman–Crippen MR) is 104 cm³/mol. The van der Waals surface area contributed by atoms with Gasteiger partial charge < -0.3 is 14.4 Å². The molecule has 1 N–H and O–H groups in total. The third kappa shape index (κ3) is 4.79. The minimum atomic E-state index is -3.60. The van der Waals surface area contributed by atoms with Crippen molar-refractivity contribution in [2.45, 2.75) is 18.1 Å². The highest BCUT2D eigenvalue weighted by atomic mass is 32.2. The zero-order valence-electron chi connectivity index (χ0n) is 15.2. The molecule has 1 aromatic carbocycles. The van der Waals surface area contributed by atoms with Gasteiger partial charge >= 0.3 is 0 Å². The number of carbonyl (C=O) groups is 1. The molecule has 3 rings (SSSR count). The van der Waals surface area contributed by atoms with Crippen molar-refractivity contribution in [3.63, 3.8) is 0 Å². The summed E-state index contributed by atoms with van der Waals surface area (Å²) in [7, 11) is -3.60. The second kappa shape index (κ2) is 8.28. The van der Waals surface area contributed by atoms with Crippen LogP contribution in [-0.2, 0) is 19.6 Å². The van der Waals surface area contributed by atoms with Crippen molar-refractivity contribution in [1.82, 2.24) is 4.90 Å². The number of thiophene rings is 1. The van der Waals surface area contributed by atoms with E-state index in [1.54, 1.807) is 34.5 Å². The third-order valence-corrected chi connectivity index (χ3v) is 6.96. The van der Waals surface area contributed by atoms with Gasteiger partial charge in [0.1, 0.15) is 9.96 Å². The molecule has 7 nitrogen and oxygen atoms in total. The lowest BCUT2D eigenvalue weighted by atomic mass is 10.1. The Labute approximate surface area is 163 Å². The summed E-state index contributed by atoms with van der Waals surface area (Å²) < 4.78 is 38.6. The first kappa shape index (κ1) is 19.7. The van der Waals surface area contributed by atoms with Crippen LogP contribution in [-0.4, -0.2) is 52.1 Å². The molecule has 1 aliphatic heterocycles. The van der Waals surface area contributed by atoms with Crippen LogP contribution in [0.1, 0.15) is 11.1 Å². The van der Waals surface area contributed by atoms with E-state index in [1.807, 2.05) is 13.8 Å². The van der Waals surface area contributed by atoms with Crippen LogP contribution in [0.4, 0.5) is 5.69 Å². The number of rotatable bonds is 6. The Bertz CT molecular complexity index is 881. The minimum Gasteiger partial charge on any atom is -0.483 e. The average Bonchev–Trinajstić information content (AvgIpc) is 3.17. The molecule has 2 heterocycles. The summed E-state index contributed by atoms with van der Waals surface area (Å²) in [5, 5.41) is 1.72. The van der Waals surface area contributed by atoms with Crippen molar-refractivity contribution in [3.8, 4) is 5.75 Å². The van der Waals surface area contributed by atoms with E-state index < -0.39 is 10.0 Å². The molecule has 0 radical (unpaired) electrons. The van der Waals surface area contributed by atoms with Crippen molar-refractivity contribution in [2.24, 2.45) is 0 Å². The fourth-order valence-corrected chi connectivity index (χ4v) is 4.93. The van der Waals surface area contributed by atoms with E-state index in [1.165, 1.54) is 0 Å². The molecule has 1 aromatic heterocycles. The van der Waals surface area contributed by atoms with Crippen LogP contribution in [0, 0.1) is 13.8 Å². The van der Waals surface area contributed by atoms with Crippen LogP contribution < -0.4 is 9.46 Å². The van der Waals surface area contributed by atoms with E-state index in [2.05, 4.69) is 4.72 Å². The number of nitrogens with zero attached hydrogens (tertiary/aromatic N) is 1. The standard InChI is InChI=1S/C18H22N2O5S2/c1-13-10-15(19-27(22,23)17-4-3-9-26-17)11-14(2)18(13)25-12-16(21)20-5-7-24-8-6-20/h3-4,9-11,19H,5-8,12H2,1-2H3. The van der Waals surface area contributed by atoms with Gasteiger partial charge in [-0.3, -0.25) is 9.52 Å². The van der Waals surface area contributed by atoms with E-state index in [0.717, 1.165) is 22.5 Å². The number of hydrogen-bond donors (Lipinski definition) is 1. The maximum Gasteiger partial charge on any atom is 0.271 e. The van der Waals surface area contributed by atoms with E-state index in [9.17, 15) is 13.2 Å². The molecule has 27 heavy (non-hydrogen) atoms. The lowest BCUT2D eigenvalue weighted by molar-refractivity contribution is -0.137. The summed E-state index contributed by atoms with van der Waals surface area (Å²) in [5.74, 6) is 0.509. The summed E-state index contributed by atoms with van der Waals surface area (Å²) in [4.78, 5) is 14.0. The zero-order chi connectivity index (χ0) is 19.4. The van der Waals surface area contributed by atoms with E-state index in [-0.39, 0.29) is 16.7 Å². The first-order chi connectivity index (χ1) is 12.9. The Hall–Kier alpha value is -2.10. The molecular formula is C18H22N2O5S2.